The molecule has 3 aromatic rings. The first kappa shape index (κ1) is 17.2. The number of carbonyl (C=O) groups excluding carboxylic acids is 2. The summed E-state index contributed by atoms with van der Waals surface area (Å²) in [5, 5.41) is 0.700. The molecule has 25 heavy (non-hydrogen) atoms. The highest BCUT2D eigenvalue weighted by atomic mass is 79.9. The summed E-state index contributed by atoms with van der Waals surface area (Å²) >= 11 is 3.25. The molecule has 0 aliphatic rings. The monoisotopic (exact) mass is 403 g/mol. The van der Waals surface area contributed by atoms with Crippen LogP contribution >= 0.6 is 15.9 Å². The Labute approximate surface area is 151 Å². The number of ether oxygens (including phenoxy) is 2. The maximum absolute atomic E-state index is 12.2. The molecule has 0 saturated heterocycles. The van der Waals surface area contributed by atoms with Crippen LogP contribution in [0.1, 0.15) is 33.4 Å². The van der Waals surface area contributed by atoms with Crippen LogP contribution in [0.2, 0.25) is 0 Å². The maximum Gasteiger partial charge on any atom is 0.374 e. The Balaban J connectivity index is 1.88. The fourth-order valence-electron chi connectivity index (χ4n) is 2.35. The molecule has 0 fully saturated rings. The first-order valence-electron chi connectivity index (χ1n) is 7.55. The molecule has 0 saturated carbocycles. The second-order valence-electron chi connectivity index (χ2n) is 5.09. The number of para-hydroxylation sites is 1. The molecule has 0 aliphatic carbocycles. The summed E-state index contributed by atoms with van der Waals surface area (Å²) in [6.45, 7) is 1.82. The van der Waals surface area contributed by atoms with Gasteiger partial charge in [0.1, 0.15) is 12.2 Å². The molecule has 3 rings (SSSR count). The van der Waals surface area contributed by atoms with Crippen molar-refractivity contribution in [1.29, 1.82) is 0 Å². The molecular formula is C18H14BrNO5. The number of hydrogen-bond acceptors (Lipinski definition) is 6. The van der Waals surface area contributed by atoms with Crippen molar-refractivity contribution in [3.8, 4) is 0 Å². The molecule has 0 unspecified atom stereocenters. The Kier molecular flexibility index (Phi) is 5.14. The Hall–Kier alpha value is -2.67. The van der Waals surface area contributed by atoms with Gasteiger partial charge in [-0.2, -0.15) is 0 Å². The van der Waals surface area contributed by atoms with Crippen LogP contribution in [0.3, 0.4) is 0 Å². The van der Waals surface area contributed by atoms with Gasteiger partial charge >= 0.3 is 11.9 Å². The lowest BCUT2D eigenvalue weighted by Gasteiger charge is -2.06. The minimum Gasteiger partial charge on any atom is -0.460 e. The van der Waals surface area contributed by atoms with Crippen LogP contribution in [-0.2, 0) is 16.1 Å². The number of carbonyl (C=O) groups is 2. The molecule has 7 heteroatoms. The van der Waals surface area contributed by atoms with E-state index in [0.717, 1.165) is 0 Å². The zero-order chi connectivity index (χ0) is 17.8. The molecule has 6 nitrogen and oxygen atoms in total. The van der Waals surface area contributed by atoms with Crippen molar-refractivity contribution in [2.75, 3.05) is 6.61 Å². The smallest absolute Gasteiger partial charge is 0.374 e. The van der Waals surface area contributed by atoms with E-state index in [4.69, 9.17) is 13.9 Å². The van der Waals surface area contributed by atoms with Gasteiger partial charge in [-0.1, -0.05) is 18.2 Å². The number of pyridine rings is 1. The SMILES string of the molecule is CCOC(=O)c1oc2ccccc2c1COC(=O)c1cncc(Br)c1. The minimum absolute atomic E-state index is 0.0446. The molecule has 1 aromatic carbocycles. The Bertz CT molecular complexity index is 934. The summed E-state index contributed by atoms with van der Waals surface area (Å²) < 4.78 is 16.6. The van der Waals surface area contributed by atoms with Gasteiger partial charge in [-0.3, -0.25) is 4.98 Å². The number of halogens is 1. The average Bonchev–Trinajstić information content (AvgIpc) is 2.98. The van der Waals surface area contributed by atoms with Crippen molar-refractivity contribution < 1.29 is 23.5 Å². The van der Waals surface area contributed by atoms with Crippen molar-refractivity contribution in [1.82, 2.24) is 4.98 Å². The normalized spacial score (nSPS) is 10.6. The molecule has 0 amide bonds. The highest BCUT2D eigenvalue weighted by molar-refractivity contribution is 9.10. The Morgan fingerprint density at radius 1 is 1.16 bits per heavy atom. The van der Waals surface area contributed by atoms with Gasteiger partial charge in [0.25, 0.3) is 0 Å². The molecule has 0 spiro atoms. The van der Waals surface area contributed by atoms with E-state index < -0.39 is 11.9 Å². The van der Waals surface area contributed by atoms with E-state index in [1.165, 1.54) is 6.20 Å². The Morgan fingerprint density at radius 3 is 2.72 bits per heavy atom. The quantitative estimate of drug-likeness (QED) is 0.596. The number of benzene rings is 1. The van der Waals surface area contributed by atoms with Crippen molar-refractivity contribution in [2.45, 2.75) is 13.5 Å². The van der Waals surface area contributed by atoms with E-state index in [1.54, 1.807) is 37.4 Å². The number of nitrogens with zero attached hydrogens (tertiary/aromatic N) is 1. The van der Waals surface area contributed by atoms with Crippen LogP contribution in [0.25, 0.3) is 11.0 Å². The van der Waals surface area contributed by atoms with E-state index in [0.29, 0.717) is 26.6 Å². The lowest BCUT2D eigenvalue weighted by Crippen LogP contribution is -2.10. The van der Waals surface area contributed by atoms with E-state index in [1.807, 2.05) is 6.07 Å². The van der Waals surface area contributed by atoms with E-state index in [9.17, 15) is 9.59 Å². The maximum atomic E-state index is 12.2. The summed E-state index contributed by atoms with van der Waals surface area (Å²) in [5.74, 6) is -1.09. The number of fused-ring (bicyclic) bond motifs is 1. The molecule has 0 atom stereocenters. The predicted octanol–water partition coefficient (Wildman–Crippen LogP) is 4.12. The molecule has 0 N–H and O–H groups in total. The van der Waals surface area contributed by atoms with Gasteiger partial charge in [0.2, 0.25) is 5.76 Å². The van der Waals surface area contributed by atoms with E-state index in [-0.39, 0.29) is 19.0 Å². The third-order valence-corrected chi connectivity index (χ3v) is 3.88. The highest BCUT2D eigenvalue weighted by Crippen LogP contribution is 2.27. The second-order valence-corrected chi connectivity index (χ2v) is 6.01. The number of aromatic nitrogens is 1. The lowest BCUT2D eigenvalue weighted by molar-refractivity contribution is 0.0435. The van der Waals surface area contributed by atoms with Gasteiger partial charge in [-0.15, -0.1) is 0 Å². The van der Waals surface area contributed by atoms with Crippen LogP contribution in [0, 0.1) is 0 Å². The molecule has 128 valence electrons. The van der Waals surface area contributed by atoms with Gasteiger partial charge in [-0.25, -0.2) is 9.59 Å². The largest absolute Gasteiger partial charge is 0.460 e. The molecule has 0 bridgehead atoms. The summed E-state index contributed by atoms with van der Waals surface area (Å²) in [7, 11) is 0. The first-order chi connectivity index (χ1) is 12.1. The number of esters is 2. The summed E-state index contributed by atoms with van der Waals surface area (Å²) in [6.07, 6.45) is 2.98. The summed E-state index contributed by atoms with van der Waals surface area (Å²) in [6, 6.07) is 8.75. The van der Waals surface area contributed by atoms with Crippen LogP contribution in [0.5, 0.6) is 0 Å². The zero-order valence-corrected chi connectivity index (χ0v) is 14.9. The van der Waals surface area contributed by atoms with Gasteiger partial charge in [0, 0.05) is 22.3 Å². The number of hydrogen-bond donors (Lipinski definition) is 0. The van der Waals surface area contributed by atoms with Crippen molar-refractivity contribution >= 4 is 38.8 Å². The zero-order valence-electron chi connectivity index (χ0n) is 13.3. The number of rotatable bonds is 5. The lowest BCUT2D eigenvalue weighted by atomic mass is 10.1. The van der Waals surface area contributed by atoms with Crippen LogP contribution in [0.4, 0.5) is 0 Å². The summed E-state index contributed by atoms with van der Waals surface area (Å²) in [4.78, 5) is 28.3. The fraction of sp³-hybridized carbons (Fsp3) is 0.167. The molecule has 0 aliphatic heterocycles. The first-order valence-corrected chi connectivity index (χ1v) is 8.34. The van der Waals surface area contributed by atoms with Gasteiger partial charge in [-0.05, 0) is 35.0 Å². The molecule has 2 aromatic heterocycles. The predicted molar refractivity (Wildman–Crippen MR) is 93.2 cm³/mol. The second kappa shape index (κ2) is 7.48. The third-order valence-electron chi connectivity index (χ3n) is 3.45. The van der Waals surface area contributed by atoms with Crippen LogP contribution in [-0.4, -0.2) is 23.5 Å². The highest BCUT2D eigenvalue weighted by Gasteiger charge is 2.23. The topological polar surface area (TPSA) is 78.6 Å². The van der Waals surface area contributed by atoms with Crippen molar-refractivity contribution in [3.63, 3.8) is 0 Å². The molecule has 2 heterocycles. The average molecular weight is 404 g/mol. The standard InChI is InChI=1S/C18H14BrNO5/c1-2-23-18(22)16-14(13-5-3-4-6-15(13)25-16)10-24-17(21)11-7-12(19)9-20-8-11/h3-9H,2,10H2,1H3. The van der Waals surface area contributed by atoms with Gasteiger partial charge in [0.15, 0.2) is 0 Å². The fourth-order valence-corrected chi connectivity index (χ4v) is 2.71. The molecule has 0 radical (unpaired) electrons. The third kappa shape index (κ3) is 3.71. The van der Waals surface area contributed by atoms with E-state index >= 15 is 0 Å². The van der Waals surface area contributed by atoms with Gasteiger partial charge in [0.05, 0.1) is 17.7 Å². The van der Waals surface area contributed by atoms with Crippen molar-refractivity contribution in [2.24, 2.45) is 0 Å². The van der Waals surface area contributed by atoms with Gasteiger partial charge < -0.3 is 13.9 Å². The van der Waals surface area contributed by atoms with Crippen LogP contribution < -0.4 is 0 Å². The van der Waals surface area contributed by atoms with Crippen molar-refractivity contribution in [3.05, 3.63) is 64.1 Å². The molecular weight excluding hydrogens is 390 g/mol. The summed E-state index contributed by atoms with van der Waals surface area (Å²) in [5.41, 5.74) is 1.31. The Morgan fingerprint density at radius 2 is 1.96 bits per heavy atom. The number of furan rings is 1. The minimum atomic E-state index is -0.589. The van der Waals surface area contributed by atoms with E-state index in [2.05, 4.69) is 20.9 Å². The van der Waals surface area contributed by atoms with Crippen LogP contribution in [0.15, 0.2) is 51.6 Å².